The molecule has 4 heterocycles. The van der Waals surface area contributed by atoms with E-state index in [2.05, 4.69) is 20.1 Å². The van der Waals surface area contributed by atoms with Crippen LogP contribution in [0.4, 0.5) is 0 Å². The maximum absolute atomic E-state index is 12.7. The first-order valence-corrected chi connectivity index (χ1v) is 12.8. The Morgan fingerprint density at radius 3 is 2.83 bits per heavy atom. The molecule has 0 radical (unpaired) electrons. The number of fused-ring (bicyclic) bond motifs is 3. The molecule has 1 N–H and O–H groups in total. The highest BCUT2D eigenvalue weighted by atomic mass is 32.2. The summed E-state index contributed by atoms with van der Waals surface area (Å²) in [4.78, 5) is 39.3. The van der Waals surface area contributed by atoms with Gasteiger partial charge in [-0.1, -0.05) is 23.1 Å². The van der Waals surface area contributed by atoms with Crippen LogP contribution in [0.5, 0.6) is 0 Å². The van der Waals surface area contributed by atoms with Gasteiger partial charge in [-0.3, -0.25) is 14.5 Å². The number of aromatic nitrogens is 4. The quantitative estimate of drug-likeness (QED) is 0.581. The van der Waals surface area contributed by atoms with Crippen molar-refractivity contribution in [2.45, 2.75) is 36.6 Å². The molecule has 1 aliphatic heterocycles. The standard InChI is InChI=1S/C19H22N6O2S3/c26-15(10-28-19-23-20-11-29-19)25-7-5-24(6-8-25)9-14-21-17(27)16-12-3-1-2-4-13(12)30-18(16)22-14/h11H,1-10H2,(H,21,22,27). The minimum atomic E-state index is -0.00286. The molecule has 0 atom stereocenters. The average Bonchev–Trinajstić information content (AvgIpc) is 3.40. The number of thioether (sulfide) groups is 1. The van der Waals surface area contributed by atoms with E-state index < -0.39 is 0 Å². The van der Waals surface area contributed by atoms with Gasteiger partial charge in [0.2, 0.25) is 5.91 Å². The first-order chi connectivity index (χ1) is 14.7. The van der Waals surface area contributed by atoms with Crippen LogP contribution in [0.3, 0.4) is 0 Å². The van der Waals surface area contributed by atoms with E-state index in [1.165, 1.54) is 40.0 Å². The van der Waals surface area contributed by atoms with Crippen LogP contribution in [-0.2, 0) is 24.2 Å². The van der Waals surface area contributed by atoms with Crippen LogP contribution in [0.2, 0.25) is 0 Å². The Hall–Kier alpha value is -1.82. The Labute approximate surface area is 185 Å². The van der Waals surface area contributed by atoms with Gasteiger partial charge in [-0.25, -0.2) is 4.98 Å². The molecule has 0 bridgehead atoms. The van der Waals surface area contributed by atoms with Crippen LogP contribution in [0, 0.1) is 0 Å². The summed E-state index contributed by atoms with van der Waals surface area (Å²) in [5.41, 5.74) is 2.89. The second-order valence-corrected chi connectivity index (χ2v) is 10.7. The van der Waals surface area contributed by atoms with Crippen LogP contribution in [0.1, 0.15) is 29.1 Å². The average molecular weight is 463 g/mol. The van der Waals surface area contributed by atoms with Crippen molar-refractivity contribution in [2.75, 3.05) is 31.9 Å². The Morgan fingerprint density at radius 2 is 2.03 bits per heavy atom. The highest BCUT2D eigenvalue weighted by Crippen LogP contribution is 2.33. The lowest BCUT2D eigenvalue weighted by molar-refractivity contribution is -0.130. The van der Waals surface area contributed by atoms with Crippen molar-refractivity contribution in [1.29, 1.82) is 0 Å². The number of aromatic amines is 1. The Kier molecular flexibility index (Phi) is 5.85. The molecule has 158 valence electrons. The van der Waals surface area contributed by atoms with E-state index in [1.54, 1.807) is 16.8 Å². The number of thiophene rings is 1. The van der Waals surface area contributed by atoms with Gasteiger partial charge in [0.1, 0.15) is 16.2 Å². The summed E-state index contributed by atoms with van der Waals surface area (Å²) in [5.74, 6) is 1.24. The lowest BCUT2D eigenvalue weighted by Crippen LogP contribution is -2.49. The summed E-state index contributed by atoms with van der Waals surface area (Å²) in [6.45, 7) is 3.54. The van der Waals surface area contributed by atoms with Gasteiger partial charge in [-0.15, -0.1) is 21.5 Å². The highest BCUT2D eigenvalue weighted by Gasteiger charge is 2.23. The molecule has 2 aliphatic rings. The smallest absolute Gasteiger partial charge is 0.259 e. The van der Waals surface area contributed by atoms with Crippen LogP contribution in [0.15, 0.2) is 14.6 Å². The molecule has 3 aromatic heterocycles. The van der Waals surface area contributed by atoms with Crippen LogP contribution < -0.4 is 5.56 Å². The van der Waals surface area contributed by atoms with E-state index >= 15 is 0 Å². The predicted molar refractivity (Wildman–Crippen MR) is 119 cm³/mol. The van der Waals surface area contributed by atoms with E-state index in [4.69, 9.17) is 4.98 Å². The van der Waals surface area contributed by atoms with Gasteiger partial charge >= 0.3 is 0 Å². The molecule has 1 fully saturated rings. The molecule has 30 heavy (non-hydrogen) atoms. The number of carbonyl (C=O) groups excluding carboxylic acids is 1. The van der Waals surface area contributed by atoms with Crippen molar-refractivity contribution in [2.24, 2.45) is 0 Å². The molecule has 0 unspecified atom stereocenters. The maximum Gasteiger partial charge on any atom is 0.259 e. The normalized spacial score (nSPS) is 17.4. The molecular weight excluding hydrogens is 440 g/mol. The van der Waals surface area contributed by atoms with Crippen molar-refractivity contribution in [3.63, 3.8) is 0 Å². The van der Waals surface area contributed by atoms with Crippen molar-refractivity contribution in [1.82, 2.24) is 30.0 Å². The number of rotatable bonds is 5. The van der Waals surface area contributed by atoms with E-state index in [0.29, 0.717) is 25.4 Å². The largest absolute Gasteiger partial charge is 0.339 e. The number of amides is 1. The van der Waals surface area contributed by atoms with E-state index in [-0.39, 0.29) is 11.5 Å². The van der Waals surface area contributed by atoms with E-state index in [1.807, 2.05) is 4.90 Å². The van der Waals surface area contributed by atoms with Gasteiger partial charge in [0.25, 0.3) is 5.56 Å². The second kappa shape index (κ2) is 8.74. The van der Waals surface area contributed by atoms with Crippen LogP contribution in [0.25, 0.3) is 10.2 Å². The number of carbonyl (C=O) groups is 1. The Bertz CT molecular complexity index is 1100. The van der Waals surface area contributed by atoms with Crippen molar-refractivity contribution in [3.8, 4) is 0 Å². The van der Waals surface area contributed by atoms with Gasteiger partial charge in [-0.2, -0.15) is 0 Å². The minimum absolute atomic E-state index is 0.00286. The summed E-state index contributed by atoms with van der Waals surface area (Å²) in [6, 6.07) is 0. The molecule has 0 aromatic carbocycles. The zero-order chi connectivity index (χ0) is 20.5. The third-order valence-corrected chi connectivity index (χ3v) is 8.66. The first-order valence-electron chi connectivity index (χ1n) is 10.1. The number of H-pyrrole nitrogens is 1. The molecule has 1 saturated heterocycles. The minimum Gasteiger partial charge on any atom is -0.339 e. The fourth-order valence-electron chi connectivity index (χ4n) is 4.09. The summed E-state index contributed by atoms with van der Waals surface area (Å²) in [6.07, 6.45) is 4.42. The summed E-state index contributed by atoms with van der Waals surface area (Å²) in [5, 5.41) is 8.56. The predicted octanol–water partition coefficient (Wildman–Crippen LogP) is 2.15. The number of aryl methyl sites for hydroxylation is 2. The number of hydrogen-bond donors (Lipinski definition) is 1. The lowest BCUT2D eigenvalue weighted by Gasteiger charge is -2.34. The molecule has 1 amide bonds. The zero-order valence-electron chi connectivity index (χ0n) is 16.4. The highest BCUT2D eigenvalue weighted by molar-refractivity contribution is 8.01. The van der Waals surface area contributed by atoms with E-state index in [0.717, 1.165) is 52.7 Å². The molecule has 5 rings (SSSR count). The van der Waals surface area contributed by atoms with Gasteiger partial charge in [0.15, 0.2) is 4.34 Å². The van der Waals surface area contributed by atoms with Crippen molar-refractivity contribution < 1.29 is 4.79 Å². The molecule has 0 spiro atoms. The lowest BCUT2D eigenvalue weighted by atomic mass is 9.97. The maximum atomic E-state index is 12.7. The molecule has 0 saturated carbocycles. The summed E-state index contributed by atoms with van der Waals surface area (Å²) in [7, 11) is 0. The molecule has 11 heteroatoms. The number of nitrogens with one attached hydrogen (secondary N) is 1. The van der Waals surface area contributed by atoms with E-state index in [9.17, 15) is 9.59 Å². The number of hydrogen-bond acceptors (Lipinski definition) is 9. The number of piperazine rings is 1. The van der Waals surface area contributed by atoms with Gasteiger partial charge in [0.05, 0.1) is 17.7 Å². The number of nitrogens with zero attached hydrogens (tertiary/aromatic N) is 5. The Balaban J connectivity index is 1.20. The SMILES string of the molecule is O=C(CSc1nncs1)N1CCN(Cc2nc3sc4c(c3c(=O)[nH]2)CCCC4)CC1. The fraction of sp³-hybridized carbons (Fsp3) is 0.526. The van der Waals surface area contributed by atoms with Gasteiger partial charge in [0, 0.05) is 31.1 Å². The molecule has 3 aromatic rings. The fourth-order valence-corrected chi connectivity index (χ4v) is 6.76. The van der Waals surface area contributed by atoms with Crippen LogP contribution in [-0.4, -0.2) is 67.8 Å². The summed E-state index contributed by atoms with van der Waals surface area (Å²) < 4.78 is 0.822. The van der Waals surface area contributed by atoms with Gasteiger partial charge < -0.3 is 9.88 Å². The monoisotopic (exact) mass is 462 g/mol. The Morgan fingerprint density at radius 1 is 1.20 bits per heavy atom. The summed E-state index contributed by atoms with van der Waals surface area (Å²) >= 11 is 4.57. The topological polar surface area (TPSA) is 95.1 Å². The molecule has 1 aliphatic carbocycles. The third kappa shape index (κ3) is 4.16. The van der Waals surface area contributed by atoms with Crippen LogP contribution >= 0.6 is 34.4 Å². The van der Waals surface area contributed by atoms with Crippen molar-refractivity contribution >= 4 is 50.6 Å². The van der Waals surface area contributed by atoms with Crippen molar-refractivity contribution in [3.05, 3.63) is 32.1 Å². The zero-order valence-corrected chi connectivity index (χ0v) is 18.9. The van der Waals surface area contributed by atoms with Gasteiger partial charge in [-0.05, 0) is 31.2 Å². The molecule has 8 nitrogen and oxygen atoms in total. The molecular formula is C19H22N6O2S3. The first kappa shape index (κ1) is 20.1. The third-order valence-electron chi connectivity index (χ3n) is 5.63. The second-order valence-electron chi connectivity index (χ2n) is 7.55.